The van der Waals surface area contributed by atoms with Crippen molar-refractivity contribution in [1.29, 1.82) is 0 Å². The Kier molecular flexibility index (Phi) is 2.97. The fourth-order valence-corrected chi connectivity index (χ4v) is 5.05. The Morgan fingerprint density at radius 2 is 1.77 bits per heavy atom. The predicted octanol–water partition coefficient (Wildman–Crippen LogP) is 1.68. The molecule has 0 aromatic carbocycles. The Balaban J connectivity index is 1.65. The molecular weight excluding hydrogens is 282 g/mol. The summed E-state index contributed by atoms with van der Waals surface area (Å²) < 4.78 is 0. The van der Waals surface area contributed by atoms with E-state index in [9.17, 15) is 19.5 Å². The largest absolute Gasteiger partial charge is 0.480 e. The fourth-order valence-electron chi connectivity index (χ4n) is 5.05. The van der Waals surface area contributed by atoms with Crippen molar-refractivity contribution in [2.45, 2.75) is 38.6 Å². The Labute approximate surface area is 129 Å². The van der Waals surface area contributed by atoms with Gasteiger partial charge in [0.15, 0.2) is 0 Å². The number of amides is 2. The topological polar surface area (TPSA) is 74.7 Å². The van der Waals surface area contributed by atoms with Crippen molar-refractivity contribution in [2.75, 3.05) is 0 Å². The molecule has 5 heteroatoms. The van der Waals surface area contributed by atoms with Crippen LogP contribution in [0.3, 0.4) is 0 Å². The molecule has 0 radical (unpaired) electrons. The van der Waals surface area contributed by atoms with E-state index in [2.05, 4.69) is 12.2 Å². The lowest BCUT2D eigenvalue weighted by Crippen LogP contribution is -2.45. The molecule has 0 spiro atoms. The summed E-state index contributed by atoms with van der Waals surface area (Å²) >= 11 is 0. The second-order valence-electron chi connectivity index (χ2n) is 7.20. The first kappa shape index (κ1) is 14.0. The molecule has 2 saturated carbocycles. The number of hydrogen-bond acceptors (Lipinski definition) is 3. The van der Waals surface area contributed by atoms with E-state index in [1.807, 2.05) is 6.92 Å². The minimum absolute atomic E-state index is 0.155. The third kappa shape index (κ3) is 1.68. The van der Waals surface area contributed by atoms with Gasteiger partial charge in [-0.05, 0) is 36.5 Å². The molecule has 0 unspecified atom stereocenters. The second kappa shape index (κ2) is 4.67. The summed E-state index contributed by atoms with van der Waals surface area (Å²) in [5, 5.41) is 9.48. The summed E-state index contributed by atoms with van der Waals surface area (Å²) in [6.07, 6.45) is 7.25. The monoisotopic (exact) mass is 303 g/mol. The summed E-state index contributed by atoms with van der Waals surface area (Å²) in [7, 11) is 0. The molecule has 7 atom stereocenters. The molecule has 22 heavy (non-hydrogen) atoms. The molecule has 1 heterocycles. The van der Waals surface area contributed by atoms with Crippen molar-refractivity contribution < 1.29 is 19.5 Å². The van der Waals surface area contributed by atoms with Gasteiger partial charge in [0.25, 0.3) is 0 Å². The van der Waals surface area contributed by atoms with E-state index in [4.69, 9.17) is 0 Å². The van der Waals surface area contributed by atoms with Crippen LogP contribution in [0.25, 0.3) is 0 Å². The van der Waals surface area contributed by atoms with Crippen molar-refractivity contribution in [2.24, 2.45) is 35.5 Å². The third-order valence-electron chi connectivity index (χ3n) is 6.12. The molecule has 1 saturated heterocycles. The van der Waals surface area contributed by atoms with E-state index >= 15 is 0 Å². The van der Waals surface area contributed by atoms with Crippen LogP contribution in [0.15, 0.2) is 12.2 Å². The smallest absolute Gasteiger partial charge is 0.326 e. The lowest BCUT2D eigenvalue weighted by Gasteiger charge is -2.37. The number of hydrogen-bond donors (Lipinski definition) is 1. The van der Waals surface area contributed by atoms with E-state index in [1.54, 1.807) is 0 Å². The first-order chi connectivity index (χ1) is 10.6. The molecule has 118 valence electrons. The van der Waals surface area contributed by atoms with Crippen LogP contribution in [0.2, 0.25) is 0 Å². The van der Waals surface area contributed by atoms with Crippen LogP contribution in [-0.2, 0) is 14.4 Å². The number of carboxylic acid groups (broad SMARTS) is 1. The molecule has 5 rings (SSSR count). The van der Waals surface area contributed by atoms with E-state index in [1.165, 1.54) is 0 Å². The Bertz CT molecular complexity index is 547. The number of nitrogens with zero attached hydrogens (tertiary/aromatic N) is 1. The molecule has 2 amide bonds. The predicted molar refractivity (Wildman–Crippen MR) is 77.5 cm³/mol. The minimum atomic E-state index is -1.06. The molecule has 1 N–H and O–H groups in total. The first-order valence-corrected chi connectivity index (χ1v) is 8.34. The fraction of sp³-hybridized carbons (Fsp3) is 0.706. The summed E-state index contributed by atoms with van der Waals surface area (Å²) in [4.78, 5) is 38.3. The van der Waals surface area contributed by atoms with Crippen LogP contribution in [-0.4, -0.2) is 33.8 Å². The van der Waals surface area contributed by atoms with Gasteiger partial charge in [-0.3, -0.25) is 14.5 Å². The molecule has 2 bridgehead atoms. The minimum Gasteiger partial charge on any atom is -0.480 e. The van der Waals surface area contributed by atoms with E-state index in [0.29, 0.717) is 24.7 Å². The van der Waals surface area contributed by atoms with Crippen LogP contribution >= 0.6 is 0 Å². The number of unbranched alkanes of at least 4 members (excludes halogenated alkanes) is 1. The molecule has 5 aliphatic rings. The number of likely N-dealkylation sites (tertiary alicyclic amines) is 1. The Hall–Kier alpha value is -1.65. The maximum atomic E-state index is 12.8. The van der Waals surface area contributed by atoms with Crippen molar-refractivity contribution in [3.63, 3.8) is 0 Å². The number of rotatable bonds is 5. The molecule has 4 aliphatic carbocycles. The van der Waals surface area contributed by atoms with Gasteiger partial charge in [0.1, 0.15) is 6.04 Å². The van der Waals surface area contributed by atoms with Crippen LogP contribution in [0.5, 0.6) is 0 Å². The molecule has 3 fully saturated rings. The zero-order valence-corrected chi connectivity index (χ0v) is 12.6. The quantitative estimate of drug-likeness (QED) is 0.619. The maximum Gasteiger partial charge on any atom is 0.326 e. The zero-order chi connectivity index (χ0) is 15.6. The highest BCUT2D eigenvalue weighted by molar-refractivity contribution is 6.08. The highest BCUT2D eigenvalue weighted by atomic mass is 16.4. The maximum absolute atomic E-state index is 12.8. The number of imide groups is 1. The standard InChI is InChI=1S/C17H21NO4/c1-2-3-4-12(17(21)22)18-15(19)13-8-5-6-9(11-7-10(8)11)14(13)16(18)20/h5-6,8-14H,2-4,7H2,1H3,(H,21,22)/t8-,9-,10-,11-,12+,13-,14+/m1/s1. The Morgan fingerprint density at radius 1 is 1.23 bits per heavy atom. The molecular formula is C17H21NO4. The summed E-state index contributed by atoms with van der Waals surface area (Å²) in [5.41, 5.74) is 0. The van der Waals surface area contributed by atoms with Gasteiger partial charge < -0.3 is 5.11 Å². The summed E-state index contributed by atoms with van der Waals surface area (Å²) in [6.45, 7) is 1.98. The first-order valence-electron chi connectivity index (χ1n) is 8.34. The van der Waals surface area contributed by atoms with E-state index in [-0.39, 0.29) is 35.5 Å². The number of carbonyl (C=O) groups is 3. The molecule has 0 aromatic rings. The van der Waals surface area contributed by atoms with Crippen molar-refractivity contribution >= 4 is 17.8 Å². The number of allylic oxidation sites excluding steroid dienone is 2. The van der Waals surface area contributed by atoms with Crippen LogP contribution in [0.4, 0.5) is 0 Å². The van der Waals surface area contributed by atoms with Gasteiger partial charge >= 0.3 is 5.97 Å². The lowest BCUT2D eigenvalue weighted by atomic mass is 9.63. The van der Waals surface area contributed by atoms with Gasteiger partial charge in [0.05, 0.1) is 11.8 Å². The van der Waals surface area contributed by atoms with Gasteiger partial charge in [-0.25, -0.2) is 4.79 Å². The molecule has 5 nitrogen and oxygen atoms in total. The van der Waals surface area contributed by atoms with E-state index in [0.717, 1.165) is 17.7 Å². The van der Waals surface area contributed by atoms with Crippen LogP contribution in [0.1, 0.15) is 32.6 Å². The van der Waals surface area contributed by atoms with Gasteiger partial charge in [0, 0.05) is 0 Å². The third-order valence-corrected chi connectivity index (χ3v) is 6.12. The second-order valence-corrected chi connectivity index (χ2v) is 7.20. The van der Waals surface area contributed by atoms with Gasteiger partial charge in [-0.15, -0.1) is 0 Å². The lowest BCUT2D eigenvalue weighted by molar-refractivity contribution is -0.155. The van der Waals surface area contributed by atoms with E-state index < -0.39 is 12.0 Å². The molecule has 0 aromatic heterocycles. The van der Waals surface area contributed by atoms with Gasteiger partial charge in [0.2, 0.25) is 11.8 Å². The average molecular weight is 303 g/mol. The zero-order valence-electron chi connectivity index (χ0n) is 12.6. The van der Waals surface area contributed by atoms with Crippen molar-refractivity contribution in [3.8, 4) is 0 Å². The van der Waals surface area contributed by atoms with Crippen molar-refractivity contribution in [1.82, 2.24) is 4.90 Å². The van der Waals surface area contributed by atoms with Gasteiger partial charge in [-0.2, -0.15) is 0 Å². The highest BCUT2D eigenvalue weighted by Gasteiger charge is 2.67. The van der Waals surface area contributed by atoms with Crippen LogP contribution < -0.4 is 0 Å². The number of aliphatic carboxylic acids is 1. The van der Waals surface area contributed by atoms with Crippen LogP contribution in [0, 0.1) is 35.5 Å². The number of carbonyl (C=O) groups excluding carboxylic acids is 2. The Morgan fingerprint density at radius 3 is 2.23 bits per heavy atom. The normalized spacial score (nSPS) is 42.3. The highest BCUT2D eigenvalue weighted by Crippen LogP contribution is 2.65. The average Bonchev–Trinajstić information content (AvgIpc) is 3.27. The van der Waals surface area contributed by atoms with Gasteiger partial charge in [-0.1, -0.05) is 31.9 Å². The number of carboxylic acids is 1. The summed E-state index contributed by atoms with van der Waals surface area (Å²) in [5.74, 6) is -0.710. The molecule has 1 aliphatic heterocycles. The van der Waals surface area contributed by atoms with Crippen molar-refractivity contribution in [3.05, 3.63) is 12.2 Å². The summed E-state index contributed by atoms with van der Waals surface area (Å²) in [6, 6.07) is -0.985. The SMILES string of the molecule is CCCC[C@@H](C(=O)O)N1C(=O)[C@@H]2[C@@H]3C=C[C@H]([C@H]4C[C@H]34)[C@@H]2C1=O.